The average Bonchev–Trinajstić information content (AvgIpc) is 2.70. The lowest BCUT2D eigenvalue weighted by Gasteiger charge is -2.16. The summed E-state index contributed by atoms with van der Waals surface area (Å²) in [6, 6.07) is 14.2. The molecule has 0 aromatic heterocycles. The summed E-state index contributed by atoms with van der Waals surface area (Å²) in [5.74, 6) is -0.0255. The minimum atomic E-state index is -0.0778. The number of hydrogen-bond donors (Lipinski definition) is 1. The molecule has 0 heterocycles. The fourth-order valence-electron chi connectivity index (χ4n) is 3.79. The number of Topliss-reactive ketones (excluding diaryl/α,β-unsaturated/α-hetero) is 1. The van der Waals surface area contributed by atoms with Crippen LogP contribution >= 0.6 is 0 Å². The Bertz CT molecular complexity index is 842. The standard InChI is InChI=1S/C24H30N2O2/c1-26(2)17-22-10-6-5-9-21(22)16-25-24(28)14-13-23(27)20-12-11-18-7-3-4-8-19(18)15-20/h5-6,9-12,15H,3-4,7-8,13-14,16-17H2,1-2H3,(H,25,28). The molecule has 0 aliphatic heterocycles. The zero-order valence-corrected chi connectivity index (χ0v) is 17.0. The summed E-state index contributed by atoms with van der Waals surface area (Å²) >= 11 is 0. The Morgan fingerprint density at radius 2 is 1.64 bits per heavy atom. The number of benzene rings is 2. The lowest BCUT2D eigenvalue weighted by atomic mass is 9.89. The van der Waals surface area contributed by atoms with Crippen molar-refractivity contribution in [3.63, 3.8) is 0 Å². The summed E-state index contributed by atoms with van der Waals surface area (Å²) in [5.41, 5.74) is 5.74. The van der Waals surface area contributed by atoms with E-state index in [1.807, 2.05) is 44.4 Å². The molecule has 148 valence electrons. The van der Waals surface area contributed by atoms with Gasteiger partial charge >= 0.3 is 0 Å². The highest BCUT2D eigenvalue weighted by atomic mass is 16.2. The number of nitrogens with one attached hydrogen (secondary N) is 1. The first-order valence-corrected chi connectivity index (χ1v) is 10.2. The van der Waals surface area contributed by atoms with Crippen molar-refractivity contribution >= 4 is 11.7 Å². The normalized spacial score (nSPS) is 13.2. The molecule has 0 fully saturated rings. The van der Waals surface area contributed by atoms with E-state index in [0.29, 0.717) is 6.54 Å². The Morgan fingerprint density at radius 1 is 0.929 bits per heavy atom. The second kappa shape index (κ2) is 9.65. The van der Waals surface area contributed by atoms with E-state index in [1.54, 1.807) is 0 Å². The van der Waals surface area contributed by atoms with Gasteiger partial charge in [0, 0.05) is 31.5 Å². The lowest BCUT2D eigenvalue weighted by molar-refractivity contribution is -0.121. The van der Waals surface area contributed by atoms with Crippen LogP contribution in [0.1, 0.15) is 58.3 Å². The van der Waals surface area contributed by atoms with Crippen molar-refractivity contribution < 1.29 is 9.59 Å². The smallest absolute Gasteiger partial charge is 0.220 e. The summed E-state index contributed by atoms with van der Waals surface area (Å²) in [5, 5.41) is 2.96. The van der Waals surface area contributed by atoms with E-state index >= 15 is 0 Å². The van der Waals surface area contributed by atoms with Crippen LogP contribution in [0.5, 0.6) is 0 Å². The van der Waals surface area contributed by atoms with Crippen LogP contribution in [0, 0.1) is 0 Å². The van der Waals surface area contributed by atoms with E-state index in [4.69, 9.17) is 0 Å². The first kappa shape index (κ1) is 20.3. The van der Waals surface area contributed by atoms with Crippen LogP contribution in [0.15, 0.2) is 42.5 Å². The fourth-order valence-corrected chi connectivity index (χ4v) is 3.79. The Morgan fingerprint density at radius 3 is 2.39 bits per heavy atom. The number of amides is 1. The molecule has 28 heavy (non-hydrogen) atoms. The zero-order valence-electron chi connectivity index (χ0n) is 17.0. The first-order chi connectivity index (χ1) is 13.5. The van der Waals surface area contributed by atoms with Gasteiger partial charge in [0.2, 0.25) is 5.91 Å². The molecular formula is C24H30N2O2. The topological polar surface area (TPSA) is 49.4 Å². The van der Waals surface area contributed by atoms with Crippen LogP contribution in [-0.4, -0.2) is 30.7 Å². The van der Waals surface area contributed by atoms with Crippen LogP contribution in [0.25, 0.3) is 0 Å². The van der Waals surface area contributed by atoms with Crippen LogP contribution in [0.3, 0.4) is 0 Å². The lowest BCUT2D eigenvalue weighted by Crippen LogP contribution is -2.24. The second-order valence-corrected chi connectivity index (χ2v) is 7.90. The van der Waals surface area contributed by atoms with E-state index in [0.717, 1.165) is 30.5 Å². The monoisotopic (exact) mass is 378 g/mol. The van der Waals surface area contributed by atoms with Crippen molar-refractivity contribution in [3.05, 3.63) is 70.3 Å². The van der Waals surface area contributed by atoms with Gasteiger partial charge in [0.1, 0.15) is 0 Å². The van der Waals surface area contributed by atoms with E-state index in [9.17, 15) is 9.59 Å². The van der Waals surface area contributed by atoms with E-state index < -0.39 is 0 Å². The maximum absolute atomic E-state index is 12.5. The SMILES string of the molecule is CN(C)Cc1ccccc1CNC(=O)CCC(=O)c1ccc2c(c1)CCCC2. The van der Waals surface area contributed by atoms with Gasteiger partial charge in [-0.25, -0.2) is 0 Å². The van der Waals surface area contributed by atoms with Gasteiger partial charge in [-0.2, -0.15) is 0 Å². The van der Waals surface area contributed by atoms with Gasteiger partial charge in [-0.1, -0.05) is 36.4 Å². The fraction of sp³-hybridized carbons (Fsp3) is 0.417. The average molecular weight is 379 g/mol. The molecule has 1 amide bonds. The van der Waals surface area contributed by atoms with Gasteiger partial charge in [-0.15, -0.1) is 0 Å². The number of carbonyl (C=O) groups excluding carboxylic acids is 2. The van der Waals surface area contributed by atoms with Crippen molar-refractivity contribution in [2.24, 2.45) is 0 Å². The van der Waals surface area contributed by atoms with E-state index in [2.05, 4.69) is 22.3 Å². The predicted octanol–water partition coefficient (Wildman–Crippen LogP) is 3.91. The minimum absolute atomic E-state index is 0.0523. The largest absolute Gasteiger partial charge is 0.352 e. The van der Waals surface area contributed by atoms with Crippen molar-refractivity contribution in [2.75, 3.05) is 14.1 Å². The zero-order chi connectivity index (χ0) is 19.9. The number of ketones is 1. The molecule has 1 aliphatic carbocycles. The van der Waals surface area contributed by atoms with Gasteiger partial charge in [0.05, 0.1) is 0 Å². The van der Waals surface area contributed by atoms with Gasteiger partial charge < -0.3 is 10.2 Å². The summed E-state index contributed by atoms with van der Waals surface area (Å²) < 4.78 is 0. The van der Waals surface area contributed by atoms with Crippen molar-refractivity contribution in [1.29, 1.82) is 0 Å². The molecule has 0 saturated heterocycles. The molecular weight excluding hydrogens is 348 g/mol. The van der Waals surface area contributed by atoms with Gasteiger partial charge in [-0.05, 0) is 68.1 Å². The Hall–Kier alpha value is -2.46. The first-order valence-electron chi connectivity index (χ1n) is 10.2. The molecule has 0 spiro atoms. The highest BCUT2D eigenvalue weighted by Crippen LogP contribution is 2.23. The van der Waals surface area contributed by atoms with Crippen LogP contribution < -0.4 is 5.32 Å². The number of nitrogens with zero attached hydrogens (tertiary/aromatic N) is 1. The van der Waals surface area contributed by atoms with Gasteiger partial charge in [-0.3, -0.25) is 9.59 Å². The highest BCUT2D eigenvalue weighted by Gasteiger charge is 2.14. The summed E-state index contributed by atoms with van der Waals surface area (Å²) in [6.07, 6.45) is 5.08. The van der Waals surface area contributed by atoms with E-state index in [1.165, 1.54) is 29.5 Å². The van der Waals surface area contributed by atoms with E-state index in [-0.39, 0.29) is 24.5 Å². The highest BCUT2D eigenvalue weighted by molar-refractivity contribution is 5.98. The molecule has 1 aliphatic rings. The molecule has 0 radical (unpaired) electrons. The maximum atomic E-state index is 12.5. The molecule has 4 heteroatoms. The summed E-state index contributed by atoms with van der Waals surface area (Å²) in [7, 11) is 4.06. The summed E-state index contributed by atoms with van der Waals surface area (Å²) in [6.45, 7) is 1.33. The molecule has 1 N–H and O–H groups in total. The molecule has 2 aromatic rings. The summed E-state index contributed by atoms with van der Waals surface area (Å²) in [4.78, 5) is 26.9. The molecule has 0 saturated carbocycles. The number of carbonyl (C=O) groups is 2. The van der Waals surface area contributed by atoms with Crippen LogP contribution in [0.4, 0.5) is 0 Å². The van der Waals surface area contributed by atoms with Gasteiger partial charge in [0.25, 0.3) is 0 Å². The third kappa shape index (κ3) is 5.52. The third-order valence-corrected chi connectivity index (χ3v) is 5.33. The second-order valence-electron chi connectivity index (χ2n) is 7.90. The molecule has 0 bridgehead atoms. The van der Waals surface area contributed by atoms with Crippen molar-refractivity contribution in [1.82, 2.24) is 10.2 Å². The number of aryl methyl sites for hydroxylation is 2. The quantitative estimate of drug-likeness (QED) is 0.709. The molecule has 3 rings (SSSR count). The minimum Gasteiger partial charge on any atom is -0.352 e. The number of fused-ring (bicyclic) bond motifs is 1. The van der Waals surface area contributed by atoms with Crippen molar-refractivity contribution in [2.45, 2.75) is 51.6 Å². The Balaban J connectivity index is 1.50. The number of rotatable bonds is 8. The molecule has 4 nitrogen and oxygen atoms in total. The van der Waals surface area contributed by atoms with Gasteiger partial charge in [0.15, 0.2) is 5.78 Å². The Labute approximate surface area is 167 Å². The van der Waals surface area contributed by atoms with Crippen LogP contribution in [-0.2, 0) is 30.7 Å². The maximum Gasteiger partial charge on any atom is 0.220 e. The van der Waals surface area contributed by atoms with Crippen molar-refractivity contribution in [3.8, 4) is 0 Å². The molecule has 0 atom stereocenters. The third-order valence-electron chi connectivity index (χ3n) is 5.33. The Kier molecular flexibility index (Phi) is 6.99. The van der Waals surface area contributed by atoms with Crippen LogP contribution in [0.2, 0.25) is 0 Å². The molecule has 0 unspecified atom stereocenters. The molecule has 2 aromatic carbocycles. The number of hydrogen-bond acceptors (Lipinski definition) is 3. The predicted molar refractivity (Wildman–Crippen MR) is 112 cm³/mol.